The second-order valence-corrected chi connectivity index (χ2v) is 9.89. The topological polar surface area (TPSA) is 146 Å². The average molecular weight is 499 g/mol. The highest BCUT2D eigenvalue weighted by Gasteiger charge is 2.09. The van der Waals surface area contributed by atoms with Gasteiger partial charge >= 0.3 is 7.05 Å². The number of anilines is 3. The van der Waals surface area contributed by atoms with Gasteiger partial charge in [-0.25, -0.2) is 0 Å². The zero-order chi connectivity index (χ0) is 23.2. The Morgan fingerprint density at radius 3 is 1.41 bits per heavy atom. The summed E-state index contributed by atoms with van der Waals surface area (Å²) < 4.78 is 0. The van der Waals surface area contributed by atoms with E-state index in [2.05, 4.69) is 71.9 Å². The van der Waals surface area contributed by atoms with Gasteiger partial charge in [-0.1, -0.05) is 56.1 Å². The van der Waals surface area contributed by atoms with Gasteiger partial charge in [0.15, 0.2) is 15.5 Å². The molecule has 0 aliphatic rings. The van der Waals surface area contributed by atoms with E-state index in [4.69, 9.17) is 0 Å². The van der Waals surface area contributed by atoms with Crippen LogP contribution in [0.25, 0.3) is 0 Å². The maximum absolute atomic E-state index is 9.28. The van der Waals surface area contributed by atoms with Crippen LogP contribution in [0, 0.1) is 0 Å². The van der Waals surface area contributed by atoms with E-state index in [1.807, 2.05) is 0 Å². The average Bonchev–Trinajstić information content (AvgIpc) is 2.75. The SMILES string of the molecule is CCSc1nc(NCCNB(C)O)nc(NCCNc2nc(SCC)nc(SCC)n2)n1. The van der Waals surface area contributed by atoms with E-state index in [1.54, 1.807) is 42.1 Å². The number of rotatable bonds is 16. The molecule has 0 aromatic carbocycles. The third-order valence-electron chi connectivity index (χ3n) is 3.57. The van der Waals surface area contributed by atoms with Crippen LogP contribution in [-0.4, -0.2) is 85.4 Å². The Labute approximate surface area is 202 Å². The molecule has 176 valence electrons. The van der Waals surface area contributed by atoms with Gasteiger partial charge in [0.25, 0.3) is 0 Å². The molecule has 2 heterocycles. The quantitative estimate of drug-likeness (QED) is 0.131. The first-order valence-corrected chi connectivity index (χ1v) is 13.5. The van der Waals surface area contributed by atoms with Crippen LogP contribution in [-0.2, 0) is 0 Å². The van der Waals surface area contributed by atoms with Crippen molar-refractivity contribution in [3.05, 3.63) is 0 Å². The van der Waals surface area contributed by atoms with Gasteiger partial charge < -0.3 is 26.2 Å². The van der Waals surface area contributed by atoms with Gasteiger partial charge in [0.2, 0.25) is 17.8 Å². The second-order valence-electron chi connectivity index (χ2n) is 6.20. The summed E-state index contributed by atoms with van der Waals surface area (Å²) in [6, 6.07) is 0. The van der Waals surface area contributed by atoms with Crippen LogP contribution in [0.3, 0.4) is 0 Å². The van der Waals surface area contributed by atoms with Gasteiger partial charge in [-0.15, -0.1) is 0 Å². The Morgan fingerprint density at radius 2 is 1.00 bits per heavy atom. The zero-order valence-electron chi connectivity index (χ0n) is 18.9. The molecule has 2 aromatic rings. The van der Waals surface area contributed by atoms with Gasteiger partial charge in [0.05, 0.1) is 0 Å². The molecule has 2 rings (SSSR count). The summed E-state index contributed by atoms with van der Waals surface area (Å²) in [5.41, 5.74) is 0. The standard InChI is InChI=1S/C17H31BN10OS3/c1-5-30-15-24-12(23-13(25-15)21-10-11-22-18(4)29)19-8-9-20-14-26-16(31-6-2)28-17(27-14)32-7-3/h22,29H,5-11H2,1-4H3,(H,20,26,27,28)(H2,19,21,23,24,25). The molecule has 11 nitrogen and oxygen atoms in total. The van der Waals surface area contributed by atoms with Crippen molar-refractivity contribution in [2.75, 3.05) is 59.4 Å². The van der Waals surface area contributed by atoms with Gasteiger partial charge in [-0.05, 0) is 24.1 Å². The molecule has 0 spiro atoms. The molecule has 0 bridgehead atoms. The van der Waals surface area contributed by atoms with Crippen molar-refractivity contribution in [1.82, 2.24) is 35.1 Å². The minimum Gasteiger partial charge on any atom is -0.437 e. The number of hydrogen-bond acceptors (Lipinski definition) is 14. The fraction of sp³-hybridized carbons (Fsp3) is 0.647. The summed E-state index contributed by atoms with van der Waals surface area (Å²) in [5.74, 6) is 4.25. The minimum atomic E-state index is -0.552. The van der Waals surface area contributed by atoms with Gasteiger partial charge in [-0.3, -0.25) is 0 Å². The monoisotopic (exact) mass is 498 g/mol. The zero-order valence-corrected chi connectivity index (χ0v) is 21.3. The maximum Gasteiger partial charge on any atom is 0.373 e. The second kappa shape index (κ2) is 15.3. The number of nitrogens with one attached hydrogen (secondary N) is 4. The largest absolute Gasteiger partial charge is 0.437 e. The molecule has 0 aliphatic carbocycles. The number of thioether (sulfide) groups is 3. The van der Waals surface area contributed by atoms with Crippen molar-refractivity contribution >= 4 is 60.2 Å². The Morgan fingerprint density at radius 1 is 0.625 bits per heavy atom. The van der Waals surface area contributed by atoms with E-state index >= 15 is 0 Å². The summed E-state index contributed by atoms with van der Waals surface area (Å²) in [4.78, 5) is 26.7. The smallest absolute Gasteiger partial charge is 0.373 e. The van der Waals surface area contributed by atoms with E-state index in [0.29, 0.717) is 49.2 Å². The van der Waals surface area contributed by atoms with Crippen LogP contribution >= 0.6 is 35.3 Å². The maximum atomic E-state index is 9.28. The van der Waals surface area contributed by atoms with Gasteiger partial charge in [0, 0.05) is 26.2 Å². The molecule has 0 radical (unpaired) electrons. The molecule has 0 fully saturated rings. The molecule has 32 heavy (non-hydrogen) atoms. The lowest BCUT2D eigenvalue weighted by molar-refractivity contribution is 0.556. The van der Waals surface area contributed by atoms with Crippen LogP contribution in [0.4, 0.5) is 17.8 Å². The van der Waals surface area contributed by atoms with Crippen molar-refractivity contribution in [3.63, 3.8) is 0 Å². The van der Waals surface area contributed by atoms with Crippen molar-refractivity contribution in [1.29, 1.82) is 0 Å². The van der Waals surface area contributed by atoms with Gasteiger partial charge in [0.1, 0.15) is 0 Å². The molecule has 0 saturated carbocycles. The first-order valence-electron chi connectivity index (χ1n) is 10.6. The summed E-state index contributed by atoms with van der Waals surface area (Å²) in [6.07, 6.45) is 0. The first kappa shape index (κ1) is 26.7. The predicted molar refractivity (Wildman–Crippen MR) is 136 cm³/mol. The third-order valence-corrected chi connectivity index (χ3v) is 5.76. The minimum absolute atomic E-state index is 0.499. The molecule has 0 saturated heterocycles. The predicted octanol–water partition coefficient (Wildman–Crippen LogP) is 2.03. The van der Waals surface area contributed by atoms with Crippen LogP contribution < -0.4 is 21.2 Å². The number of aromatic nitrogens is 6. The van der Waals surface area contributed by atoms with Crippen LogP contribution in [0.1, 0.15) is 20.8 Å². The Hall–Kier alpha value is -1.55. The van der Waals surface area contributed by atoms with Crippen LogP contribution in [0.5, 0.6) is 0 Å². The summed E-state index contributed by atoms with van der Waals surface area (Å²) in [6.45, 7) is 10.2. The van der Waals surface area contributed by atoms with Crippen LogP contribution in [0.2, 0.25) is 6.82 Å². The lowest BCUT2D eigenvalue weighted by Gasteiger charge is -2.11. The van der Waals surface area contributed by atoms with Gasteiger partial charge in [-0.2, -0.15) is 29.9 Å². The van der Waals surface area contributed by atoms with E-state index in [0.717, 1.165) is 27.6 Å². The highest BCUT2D eigenvalue weighted by Crippen LogP contribution is 2.19. The highest BCUT2D eigenvalue weighted by molar-refractivity contribution is 7.99. The molecule has 15 heteroatoms. The number of hydrogen-bond donors (Lipinski definition) is 5. The molecule has 0 amide bonds. The number of nitrogens with zero attached hydrogens (tertiary/aromatic N) is 6. The Kier molecular flexibility index (Phi) is 12.8. The Bertz CT molecular complexity index is 796. The molecule has 5 N–H and O–H groups in total. The molecule has 0 unspecified atom stereocenters. The van der Waals surface area contributed by atoms with Crippen molar-refractivity contribution in [3.8, 4) is 0 Å². The first-order chi connectivity index (χ1) is 15.5. The van der Waals surface area contributed by atoms with E-state index < -0.39 is 7.05 Å². The summed E-state index contributed by atoms with van der Waals surface area (Å²) in [5, 5.41) is 23.9. The lowest BCUT2D eigenvalue weighted by atomic mass is 9.89. The molecular weight excluding hydrogens is 467 g/mol. The molecule has 0 aliphatic heterocycles. The van der Waals surface area contributed by atoms with Crippen molar-refractivity contribution < 1.29 is 5.02 Å². The summed E-state index contributed by atoms with van der Waals surface area (Å²) in [7, 11) is -0.552. The van der Waals surface area contributed by atoms with Crippen molar-refractivity contribution in [2.45, 2.75) is 43.1 Å². The van der Waals surface area contributed by atoms with E-state index in [9.17, 15) is 5.02 Å². The normalized spacial score (nSPS) is 10.8. The van der Waals surface area contributed by atoms with E-state index in [1.165, 1.54) is 0 Å². The molecule has 0 atom stereocenters. The Balaban J connectivity index is 1.92. The fourth-order valence-electron chi connectivity index (χ4n) is 2.32. The molecule has 2 aromatic heterocycles. The van der Waals surface area contributed by atoms with E-state index in [-0.39, 0.29) is 0 Å². The third kappa shape index (κ3) is 10.4. The fourth-order valence-corrected chi connectivity index (χ4v) is 4.06. The summed E-state index contributed by atoms with van der Waals surface area (Å²) >= 11 is 4.75. The van der Waals surface area contributed by atoms with Crippen LogP contribution in [0.15, 0.2) is 15.5 Å². The molecular formula is C17H31BN10OS3. The highest BCUT2D eigenvalue weighted by atomic mass is 32.2. The lowest BCUT2D eigenvalue weighted by Crippen LogP contribution is -2.34. The van der Waals surface area contributed by atoms with Crippen molar-refractivity contribution in [2.24, 2.45) is 0 Å².